The highest BCUT2D eigenvalue weighted by molar-refractivity contribution is 4.99. The predicted octanol–water partition coefficient (Wildman–Crippen LogP) is 2.44. The Bertz CT molecular complexity index is 257. The monoisotopic (exact) mass is 235 g/mol. The van der Waals surface area contributed by atoms with Crippen molar-refractivity contribution in [1.29, 1.82) is 0 Å². The number of hydrogen-bond donors (Lipinski definition) is 1. The maximum absolute atomic E-state index is 5.61. The van der Waals surface area contributed by atoms with Crippen LogP contribution in [0.2, 0.25) is 0 Å². The highest BCUT2D eigenvalue weighted by Gasteiger charge is 2.48. The fourth-order valence-electron chi connectivity index (χ4n) is 5.52. The molecule has 1 N–H and O–H groups in total. The van der Waals surface area contributed by atoms with Crippen molar-refractivity contribution in [2.75, 3.05) is 19.8 Å². The van der Waals surface area contributed by atoms with E-state index < -0.39 is 0 Å². The minimum absolute atomic E-state index is 0.659. The molecule has 2 nitrogen and oxygen atoms in total. The molecule has 0 spiro atoms. The number of rotatable bonds is 2. The summed E-state index contributed by atoms with van der Waals surface area (Å²) in [6.07, 6.45) is 9.21. The van der Waals surface area contributed by atoms with Gasteiger partial charge in [-0.1, -0.05) is 0 Å². The zero-order valence-electron chi connectivity index (χ0n) is 10.7. The van der Waals surface area contributed by atoms with Crippen molar-refractivity contribution in [2.45, 2.75) is 44.6 Å². The Morgan fingerprint density at radius 3 is 2.24 bits per heavy atom. The fourth-order valence-corrected chi connectivity index (χ4v) is 5.52. The molecule has 2 heteroatoms. The van der Waals surface area contributed by atoms with E-state index in [1.165, 1.54) is 6.42 Å². The zero-order valence-corrected chi connectivity index (χ0v) is 10.7. The van der Waals surface area contributed by atoms with Crippen molar-refractivity contribution in [3.8, 4) is 0 Å². The quantitative estimate of drug-likeness (QED) is 0.794. The second kappa shape index (κ2) is 4.24. The van der Waals surface area contributed by atoms with Crippen molar-refractivity contribution in [1.82, 2.24) is 5.32 Å². The van der Waals surface area contributed by atoms with Crippen LogP contribution >= 0.6 is 0 Å². The van der Waals surface area contributed by atoms with Crippen LogP contribution < -0.4 is 5.32 Å². The van der Waals surface area contributed by atoms with Gasteiger partial charge in [-0.3, -0.25) is 0 Å². The Hall–Kier alpha value is -0.0800. The van der Waals surface area contributed by atoms with E-state index in [0.717, 1.165) is 49.3 Å². The molecule has 4 saturated carbocycles. The number of nitrogens with one attached hydrogen (secondary N) is 1. The van der Waals surface area contributed by atoms with E-state index in [1.807, 2.05) is 0 Å². The second-order valence-electron chi connectivity index (χ2n) is 7.06. The van der Waals surface area contributed by atoms with E-state index >= 15 is 0 Å². The molecule has 17 heavy (non-hydrogen) atoms. The van der Waals surface area contributed by atoms with Gasteiger partial charge in [-0.15, -0.1) is 0 Å². The minimum Gasteiger partial charge on any atom is -0.379 e. The second-order valence-corrected chi connectivity index (χ2v) is 7.06. The molecular formula is C15H25NO. The molecule has 0 aromatic rings. The highest BCUT2D eigenvalue weighted by atomic mass is 16.5. The summed E-state index contributed by atoms with van der Waals surface area (Å²) in [5.41, 5.74) is 0. The molecule has 1 saturated heterocycles. The van der Waals surface area contributed by atoms with Crippen molar-refractivity contribution in [3.05, 3.63) is 0 Å². The Balaban J connectivity index is 1.43. The Labute approximate surface area is 104 Å². The molecule has 0 radical (unpaired) electrons. The molecule has 1 atom stereocenters. The van der Waals surface area contributed by atoms with Gasteiger partial charge in [0.1, 0.15) is 0 Å². The van der Waals surface area contributed by atoms with Gasteiger partial charge in [0.25, 0.3) is 0 Å². The zero-order chi connectivity index (χ0) is 11.2. The number of hydrogen-bond acceptors (Lipinski definition) is 2. The molecule has 0 aromatic carbocycles. The SMILES string of the molecule is C1COCC(CC2C3CC4CC(C3)CC2C4)N1. The molecule has 1 unspecified atom stereocenters. The molecular weight excluding hydrogens is 210 g/mol. The average Bonchev–Trinajstić information content (AvgIpc) is 2.34. The maximum atomic E-state index is 5.61. The lowest BCUT2D eigenvalue weighted by Crippen LogP contribution is -2.49. The number of morpholine rings is 1. The Kier molecular flexibility index (Phi) is 2.69. The van der Waals surface area contributed by atoms with Gasteiger partial charge >= 0.3 is 0 Å². The van der Waals surface area contributed by atoms with Crippen LogP contribution in [0.5, 0.6) is 0 Å². The first-order chi connectivity index (χ1) is 8.38. The topological polar surface area (TPSA) is 21.3 Å². The van der Waals surface area contributed by atoms with E-state index in [0.29, 0.717) is 6.04 Å². The first-order valence-corrected chi connectivity index (χ1v) is 7.69. The van der Waals surface area contributed by atoms with Crippen LogP contribution in [0.3, 0.4) is 0 Å². The molecule has 5 aliphatic rings. The van der Waals surface area contributed by atoms with Crippen LogP contribution in [-0.4, -0.2) is 25.8 Å². The van der Waals surface area contributed by atoms with E-state index in [-0.39, 0.29) is 0 Å². The predicted molar refractivity (Wildman–Crippen MR) is 67.8 cm³/mol. The molecule has 5 rings (SSSR count). The third-order valence-electron chi connectivity index (χ3n) is 5.98. The minimum atomic E-state index is 0.659. The average molecular weight is 235 g/mol. The van der Waals surface area contributed by atoms with Crippen molar-refractivity contribution in [2.24, 2.45) is 29.6 Å². The normalized spacial score (nSPS) is 52.9. The van der Waals surface area contributed by atoms with E-state index in [4.69, 9.17) is 4.74 Å². The van der Waals surface area contributed by atoms with Gasteiger partial charge in [0, 0.05) is 12.6 Å². The molecule has 1 aliphatic heterocycles. The molecule has 96 valence electrons. The molecule has 0 amide bonds. The lowest BCUT2D eigenvalue weighted by molar-refractivity contribution is -0.0502. The Morgan fingerprint density at radius 1 is 0.941 bits per heavy atom. The largest absolute Gasteiger partial charge is 0.379 e. The summed E-state index contributed by atoms with van der Waals surface area (Å²) >= 11 is 0. The van der Waals surface area contributed by atoms with Gasteiger partial charge in [-0.2, -0.15) is 0 Å². The van der Waals surface area contributed by atoms with Gasteiger partial charge in [0.05, 0.1) is 13.2 Å². The van der Waals surface area contributed by atoms with Gasteiger partial charge in [-0.25, -0.2) is 0 Å². The van der Waals surface area contributed by atoms with E-state index in [1.54, 1.807) is 32.1 Å². The molecule has 5 fully saturated rings. The van der Waals surface area contributed by atoms with Crippen LogP contribution in [0, 0.1) is 29.6 Å². The van der Waals surface area contributed by atoms with E-state index in [2.05, 4.69) is 5.32 Å². The van der Waals surface area contributed by atoms with Crippen LogP contribution in [-0.2, 0) is 4.74 Å². The number of ether oxygens (including phenoxy) is 1. The van der Waals surface area contributed by atoms with Gasteiger partial charge in [0.2, 0.25) is 0 Å². The third-order valence-corrected chi connectivity index (χ3v) is 5.98. The van der Waals surface area contributed by atoms with Crippen molar-refractivity contribution >= 4 is 0 Å². The standard InChI is InChI=1S/C15H25NO/c1-2-17-9-14(16-1)8-15-12-4-10-3-11(6-12)7-13(15)5-10/h10-16H,1-9H2. The molecule has 4 aliphatic carbocycles. The van der Waals surface area contributed by atoms with Crippen LogP contribution in [0.1, 0.15) is 38.5 Å². The summed E-state index contributed by atoms with van der Waals surface area (Å²) in [6, 6.07) is 0.659. The third kappa shape index (κ3) is 1.94. The summed E-state index contributed by atoms with van der Waals surface area (Å²) in [6.45, 7) is 2.94. The maximum Gasteiger partial charge on any atom is 0.0620 e. The summed E-state index contributed by atoms with van der Waals surface area (Å²) in [5, 5.41) is 3.65. The highest BCUT2D eigenvalue weighted by Crippen LogP contribution is 2.57. The van der Waals surface area contributed by atoms with Crippen molar-refractivity contribution in [3.63, 3.8) is 0 Å². The molecule has 0 aromatic heterocycles. The van der Waals surface area contributed by atoms with Crippen LogP contribution in [0.4, 0.5) is 0 Å². The first kappa shape index (κ1) is 10.8. The molecule has 1 heterocycles. The van der Waals surface area contributed by atoms with Crippen LogP contribution in [0.15, 0.2) is 0 Å². The van der Waals surface area contributed by atoms with Crippen molar-refractivity contribution < 1.29 is 4.74 Å². The summed E-state index contributed by atoms with van der Waals surface area (Å²) in [7, 11) is 0. The van der Waals surface area contributed by atoms with E-state index in [9.17, 15) is 0 Å². The smallest absolute Gasteiger partial charge is 0.0620 e. The van der Waals surface area contributed by atoms with Gasteiger partial charge in [0.15, 0.2) is 0 Å². The summed E-state index contributed by atoms with van der Waals surface area (Å²) < 4.78 is 5.61. The summed E-state index contributed by atoms with van der Waals surface area (Å²) in [5.74, 6) is 5.42. The lowest BCUT2D eigenvalue weighted by Gasteiger charge is -2.55. The summed E-state index contributed by atoms with van der Waals surface area (Å²) in [4.78, 5) is 0. The fraction of sp³-hybridized carbons (Fsp3) is 1.00. The van der Waals surface area contributed by atoms with Gasteiger partial charge < -0.3 is 10.1 Å². The Morgan fingerprint density at radius 2 is 1.65 bits per heavy atom. The molecule has 4 bridgehead atoms. The van der Waals surface area contributed by atoms with Gasteiger partial charge in [-0.05, 0) is 68.1 Å². The van der Waals surface area contributed by atoms with Crippen LogP contribution in [0.25, 0.3) is 0 Å². The first-order valence-electron chi connectivity index (χ1n) is 7.69. The lowest BCUT2D eigenvalue weighted by atomic mass is 9.51.